The van der Waals surface area contributed by atoms with Crippen molar-refractivity contribution in [1.29, 1.82) is 0 Å². The van der Waals surface area contributed by atoms with Crippen molar-refractivity contribution in [1.82, 2.24) is 10.2 Å². The van der Waals surface area contributed by atoms with Crippen LogP contribution in [-0.4, -0.2) is 45.2 Å². The van der Waals surface area contributed by atoms with Crippen LogP contribution in [0.3, 0.4) is 0 Å². The molecular formula is C21H26F2N2O3. The summed E-state index contributed by atoms with van der Waals surface area (Å²) in [5.74, 6) is -0.704. The third kappa shape index (κ3) is 5.42. The summed E-state index contributed by atoms with van der Waals surface area (Å²) in [4.78, 5) is 14.7. The van der Waals surface area contributed by atoms with Gasteiger partial charge in [0.1, 0.15) is 0 Å². The Kier molecular flexibility index (Phi) is 7.75. The van der Waals surface area contributed by atoms with Gasteiger partial charge in [-0.3, -0.25) is 4.79 Å². The lowest BCUT2D eigenvalue weighted by molar-refractivity contribution is -0.0515. The fraction of sp³-hybridized carbons (Fsp3) is 0.381. The van der Waals surface area contributed by atoms with Crippen LogP contribution in [0, 0.1) is 0 Å². The number of nitrogens with one attached hydrogen (secondary N) is 1. The number of carbonyl (C=O) groups is 1. The van der Waals surface area contributed by atoms with Gasteiger partial charge in [0.2, 0.25) is 0 Å². The molecule has 1 amide bonds. The van der Waals surface area contributed by atoms with Gasteiger partial charge >= 0.3 is 6.61 Å². The minimum absolute atomic E-state index is 0.00140. The van der Waals surface area contributed by atoms with Crippen LogP contribution in [0.1, 0.15) is 34.5 Å². The number of hydrogen-bond donors (Lipinski definition) is 1. The molecule has 1 N–H and O–H groups in total. The molecule has 5 nitrogen and oxygen atoms in total. The molecule has 0 saturated heterocycles. The van der Waals surface area contributed by atoms with Crippen molar-refractivity contribution in [3.8, 4) is 11.5 Å². The van der Waals surface area contributed by atoms with E-state index in [2.05, 4.69) is 29.1 Å². The minimum atomic E-state index is -3.06. The lowest BCUT2D eigenvalue weighted by Crippen LogP contribution is -2.34. The maximum Gasteiger partial charge on any atom is 0.387 e. The first-order chi connectivity index (χ1) is 13.4. The van der Waals surface area contributed by atoms with Crippen LogP contribution in [0.5, 0.6) is 11.5 Å². The zero-order valence-electron chi connectivity index (χ0n) is 16.5. The number of alkyl halides is 2. The number of carbonyl (C=O) groups excluding carboxylic acids is 1. The van der Waals surface area contributed by atoms with E-state index in [1.165, 1.54) is 24.8 Å². The molecular weight excluding hydrogens is 366 g/mol. The third-order valence-corrected chi connectivity index (χ3v) is 4.50. The molecule has 1 atom stereocenters. The fourth-order valence-electron chi connectivity index (χ4n) is 2.92. The van der Waals surface area contributed by atoms with E-state index >= 15 is 0 Å². The molecule has 2 aromatic rings. The number of benzene rings is 2. The number of aryl methyl sites for hydroxylation is 1. The Morgan fingerprint density at radius 2 is 1.82 bits per heavy atom. The molecule has 0 radical (unpaired) electrons. The first-order valence-electron chi connectivity index (χ1n) is 9.02. The number of methoxy groups -OCH3 is 1. The zero-order chi connectivity index (χ0) is 20.7. The van der Waals surface area contributed by atoms with E-state index in [4.69, 9.17) is 4.74 Å². The molecule has 0 aliphatic rings. The van der Waals surface area contributed by atoms with Crippen LogP contribution in [-0.2, 0) is 6.42 Å². The summed E-state index contributed by atoms with van der Waals surface area (Å²) < 4.78 is 35.1. The summed E-state index contributed by atoms with van der Waals surface area (Å²) in [6.07, 6.45) is 0.951. The third-order valence-electron chi connectivity index (χ3n) is 4.50. The molecule has 1 unspecified atom stereocenters. The molecule has 152 valence electrons. The predicted octanol–water partition coefficient (Wildman–Crippen LogP) is 3.89. The molecule has 2 rings (SSSR count). The molecule has 0 fully saturated rings. The largest absolute Gasteiger partial charge is 0.493 e. The fourth-order valence-corrected chi connectivity index (χ4v) is 2.92. The molecule has 0 aromatic heterocycles. The van der Waals surface area contributed by atoms with Crippen molar-refractivity contribution in [3.05, 3.63) is 59.2 Å². The number of halogens is 2. The van der Waals surface area contributed by atoms with Gasteiger partial charge < -0.3 is 19.7 Å². The smallest absolute Gasteiger partial charge is 0.387 e. The molecule has 0 aliphatic heterocycles. The topological polar surface area (TPSA) is 50.8 Å². The van der Waals surface area contributed by atoms with Gasteiger partial charge in [0, 0.05) is 6.54 Å². The quantitative estimate of drug-likeness (QED) is 0.703. The number of hydrogen-bond acceptors (Lipinski definition) is 4. The molecule has 7 heteroatoms. The van der Waals surface area contributed by atoms with Crippen molar-refractivity contribution in [2.75, 3.05) is 27.7 Å². The first-order valence-corrected chi connectivity index (χ1v) is 9.02. The number of nitrogens with zero attached hydrogens (tertiary/aromatic N) is 1. The average Bonchev–Trinajstić information content (AvgIpc) is 2.68. The highest BCUT2D eigenvalue weighted by molar-refractivity contribution is 5.97. The molecule has 2 aromatic carbocycles. The van der Waals surface area contributed by atoms with Crippen LogP contribution in [0.15, 0.2) is 42.5 Å². The van der Waals surface area contributed by atoms with Crippen molar-refractivity contribution in [2.45, 2.75) is 26.0 Å². The van der Waals surface area contributed by atoms with E-state index in [9.17, 15) is 13.6 Å². The number of likely N-dealkylation sites (N-methyl/N-ethyl adjacent to an activating group) is 1. The van der Waals surface area contributed by atoms with Gasteiger partial charge in [0.05, 0.1) is 18.7 Å². The van der Waals surface area contributed by atoms with Gasteiger partial charge in [-0.05, 0) is 43.8 Å². The number of amides is 1. The predicted molar refractivity (Wildman–Crippen MR) is 104 cm³/mol. The van der Waals surface area contributed by atoms with E-state index in [0.29, 0.717) is 6.54 Å². The molecule has 0 spiro atoms. The Bertz CT molecular complexity index is 780. The van der Waals surface area contributed by atoms with Gasteiger partial charge in [-0.2, -0.15) is 8.78 Å². The standard InChI is InChI=1S/C21H26F2N2O3/c1-5-14-9-11-15(12-10-14)17(25(2)3)13-24-20(26)16-7-6-8-18(27-4)19(16)28-21(22)23/h6-12,17,21H,5,13H2,1-4H3,(H,24,26). The van der Waals surface area contributed by atoms with Crippen molar-refractivity contribution < 1.29 is 23.0 Å². The van der Waals surface area contributed by atoms with E-state index < -0.39 is 12.5 Å². The lowest BCUT2D eigenvalue weighted by atomic mass is 10.0. The Morgan fingerprint density at radius 3 is 2.36 bits per heavy atom. The SMILES string of the molecule is CCc1ccc(C(CNC(=O)c2cccc(OC)c2OC(F)F)N(C)C)cc1. The number of para-hydroxylation sites is 1. The summed E-state index contributed by atoms with van der Waals surface area (Å²) in [6, 6.07) is 12.6. The van der Waals surface area contributed by atoms with Gasteiger partial charge in [-0.15, -0.1) is 0 Å². The maximum atomic E-state index is 12.8. The Balaban J connectivity index is 2.18. The van der Waals surface area contributed by atoms with Crippen molar-refractivity contribution >= 4 is 5.91 Å². The van der Waals surface area contributed by atoms with Gasteiger partial charge in [0.25, 0.3) is 5.91 Å². The highest BCUT2D eigenvalue weighted by Crippen LogP contribution is 2.32. The zero-order valence-corrected chi connectivity index (χ0v) is 16.5. The summed E-state index contributed by atoms with van der Waals surface area (Å²) in [6.45, 7) is -0.663. The minimum Gasteiger partial charge on any atom is -0.493 e. The second-order valence-corrected chi connectivity index (χ2v) is 6.50. The van der Waals surface area contributed by atoms with Gasteiger partial charge in [-0.1, -0.05) is 37.3 Å². The van der Waals surface area contributed by atoms with E-state index in [-0.39, 0.29) is 23.1 Å². The maximum absolute atomic E-state index is 12.8. The van der Waals surface area contributed by atoms with Crippen molar-refractivity contribution in [2.24, 2.45) is 0 Å². The van der Waals surface area contributed by atoms with Gasteiger partial charge in [0.15, 0.2) is 11.5 Å². The van der Waals surface area contributed by atoms with Gasteiger partial charge in [-0.25, -0.2) is 0 Å². The summed E-state index contributed by atoms with van der Waals surface area (Å²) in [5, 5.41) is 2.81. The Morgan fingerprint density at radius 1 is 1.14 bits per heavy atom. The normalized spacial score (nSPS) is 12.1. The van der Waals surface area contributed by atoms with Crippen LogP contribution < -0.4 is 14.8 Å². The van der Waals surface area contributed by atoms with Crippen LogP contribution in [0.2, 0.25) is 0 Å². The number of rotatable bonds is 9. The van der Waals surface area contributed by atoms with Crippen LogP contribution in [0.25, 0.3) is 0 Å². The van der Waals surface area contributed by atoms with E-state index in [0.717, 1.165) is 12.0 Å². The average molecular weight is 392 g/mol. The van der Waals surface area contributed by atoms with Crippen LogP contribution >= 0.6 is 0 Å². The molecule has 0 bridgehead atoms. The lowest BCUT2D eigenvalue weighted by Gasteiger charge is -2.25. The molecule has 0 saturated carbocycles. The summed E-state index contributed by atoms with van der Waals surface area (Å²) in [7, 11) is 5.17. The van der Waals surface area contributed by atoms with E-state index in [1.54, 1.807) is 6.07 Å². The van der Waals surface area contributed by atoms with E-state index in [1.807, 2.05) is 31.1 Å². The highest BCUT2D eigenvalue weighted by Gasteiger charge is 2.22. The molecule has 28 heavy (non-hydrogen) atoms. The second kappa shape index (κ2) is 10.0. The van der Waals surface area contributed by atoms with Crippen LogP contribution in [0.4, 0.5) is 8.78 Å². The molecule has 0 heterocycles. The Labute approximate surface area is 164 Å². The highest BCUT2D eigenvalue weighted by atomic mass is 19.3. The second-order valence-electron chi connectivity index (χ2n) is 6.50. The Hall–Kier alpha value is -2.67. The molecule has 0 aliphatic carbocycles. The van der Waals surface area contributed by atoms with Crippen molar-refractivity contribution in [3.63, 3.8) is 0 Å². The monoisotopic (exact) mass is 392 g/mol. The summed E-state index contributed by atoms with van der Waals surface area (Å²) >= 11 is 0. The number of ether oxygens (including phenoxy) is 2. The summed E-state index contributed by atoms with van der Waals surface area (Å²) in [5.41, 5.74) is 2.28. The first kappa shape index (κ1) is 21.6.